The number of rotatable bonds is 4. The molecule has 114 valence electrons. The van der Waals surface area contributed by atoms with Gasteiger partial charge in [-0.1, -0.05) is 0 Å². The summed E-state index contributed by atoms with van der Waals surface area (Å²) in [6, 6.07) is 3.25. The van der Waals surface area contributed by atoms with E-state index >= 15 is 0 Å². The predicted octanol–water partition coefficient (Wildman–Crippen LogP) is -0.442. The molecule has 3 N–H and O–H groups in total. The zero-order valence-corrected chi connectivity index (χ0v) is 12.2. The molecule has 0 spiro atoms. The standard InChI is InChI=1S/C14H21N5O2/c1-2-16-13(20)10-18-5-7-19(8-6-18)14(21)11-3-4-17-12(15)9-11/h3-4,9H,2,5-8,10H2,1H3,(H2,15,17)(H,16,20). The predicted molar refractivity (Wildman–Crippen MR) is 79.7 cm³/mol. The number of pyridine rings is 1. The molecule has 1 fully saturated rings. The molecule has 2 amide bonds. The lowest BCUT2D eigenvalue weighted by atomic mass is 10.2. The summed E-state index contributed by atoms with van der Waals surface area (Å²) in [5.41, 5.74) is 6.15. The van der Waals surface area contributed by atoms with E-state index in [4.69, 9.17) is 5.73 Å². The number of nitrogens with zero attached hydrogens (tertiary/aromatic N) is 3. The van der Waals surface area contributed by atoms with Gasteiger partial charge in [0.2, 0.25) is 5.91 Å². The van der Waals surface area contributed by atoms with Gasteiger partial charge in [0.1, 0.15) is 5.82 Å². The van der Waals surface area contributed by atoms with Crippen LogP contribution in [-0.2, 0) is 4.79 Å². The number of piperazine rings is 1. The zero-order chi connectivity index (χ0) is 15.2. The van der Waals surface area contributed by atoms with Crippen LogP contribution in [0.4, 0.5) is 5.82 Å². The number of anilines is 1. The first-order chi connectivity index (χ1) is 10.1. The Hall–Kier alpha value is -2.15. The number of hydrogen-bond donors (Lipinski definition) is 2. The highest BCUT2D eigenvalue weighted by Gasteiger charge is 2.23. The fraction of sp³-hybridized carbons (Fsp3) is 0.500. The van der Waals surface area contributed by atoms with Crippen molar-refractivity contribution in [1.82, 2.24) is 20.1 Å². The number of carbonyl (C=O) groups is 2. The van der Waals surface area contributed by atoms with Gasteiger partial charge in [0.25, 0.3) is 5.91 Å². The molecule has 21 heavy (non-hydrogen) atoms. The molecule has 1 aromatic rings. The van der Waals surface area contributed by atoms with Crippen LogP contribution in [-0.4, -0.2) is 65.9 Å². The Kier molecular flexibility index (Phi) is 5.10. The molecule has 2 rings (SSSR count). The van der Waals surface area contributed by atoms with Crippen molar-refractivity contribution in [1.29, 1.82) is 0 Å². The van der Waals surface area contributed by atoms with Gasteiger partial charge in [-0.05, 0) is 19.1 Å². The number of nitrogen functional groups attached to an aromatic ring is 1. The molecule has 1 saturated heterocycles. The molecule has 0 atom stereocenters. The lowest BCUT2D eigenvalue weighted by molar-refractivity contribution is -0.122. The first-order valence-corrected chi connectivity index (χ1v) is 7.10. The smallest absolute Gasteiger partial charge is 0.254 e. The fourth-order valence-corrected chi connectivity index (χ4v) is 2.33. The maximum Gasteiger partial charge on any atom is 0.254 e. The van der Waals surface area contributed by atoms with Crippen molar-refractivity contribution >= 4 is 17.6 Å². The van der Waals surface area contributed by atoms with Crippen LogP contribution in [0.15, 0.2) is 18.3 Å². The SMILES string of the molecule is CCNC(=O)CN1CCN(C(=O)c2ccnc(N)c2)CC1. The van der Waals surface area contributed by atoms with Crippen molar-refractivity contribution in [3.8, 4) is 0 Å². The van der Waals surface area contributed by atoms with Gasteiger partial charge >= 0.3 is 0 Å². The summed E-state index contributed by atoms with van der Waals surface area (Å²) in [6.45, 7) is 5.54. The van der Waals surface area contributed by atoms with Crippen LogP contribution in [0.5, 0.6) is 0 Å². The second kappa shape index (κ2) is 7.03. The minimum Gasteiger partial charge on any atom is -0.384 e. The number of nitrogens with two attached hydrogens (primary N) is 1. The van der Waals surface area contributed by atoms with E-state index in [1.165, 1.54) is 6.20 Å². The number of likely N-dealkylation sites (N-methyl/N-ethyl adjacent to an activating group) is 1. The number of carbonyl (C=O) groups excluding carboxylic acids is 2. The number of nitrogens with one attached hydrogen (secondary N) is 1. The average molecular weight is 291 g/mol. The monoisotopic (exact) mass is 291 g/mol. The fourth-order valence-electron chi connectivity index (χ4n) is 2.33. The Labute approximate surface area is 124 Å². The van der Waals surface area contributed by atoms with Crippen molar-refractivity contribution in [2.75, 3.05) is 45.0 Å². The van der Waals surface area contributed by atoms with E-state index in [0.717, 1.165) is 0 Å². The van der Waals surface area contributed by atoms with E-state index in [0.29, 0.717) is 50.6 Å². The average Bonchev–Trinajstić information content (AvgIpc) is 2.47. The first-order valence-electron chi connectivity index (χ1n) is 7.10. The normalized spacial score (nSPS) is 15.8. The summed E-state index contributed by atoms with van der Waals surface area (Å²) in [6.07, 6.45) is 1.54. The van der Waals surface area contributed by atoms with Crippen LogP contribution in [0.3, 0.4) is 0 Å². The van der Waals surface area contributed by atoms with Crippen molar-refractivity contribution in [3.63, 3.8) is 0 Å². The number of amides is 2. The summed E-state index contributed by atoms with van der Waals surface area (Å²) >= 11 is 0. The molecular weight excluding hydrogens is 270 g/mol. The van der Waals surface area contributed by atoms with Gasteiger partial charge < -0.3 is 16.0 Å². The number of aromatic nitrogens is 1. The topological polar surface area (TPSA) is 91.6 Å². The number of hydrogen-bond acceptors (Lipinski definition) is 5. The maximum absolute atomic E-state index is 12.3. The summed E-state index contributed by atoms with van der Waals surface area (Å²) in [4.78, 5) is 31.6. The van der Waals surface area contributed by atoms with Gasteiger partial charge in [-0.2, -0.15) is 0 Å². The molecule has 0 radical (unpaired) electrons. The van der Waals surface area contributed by atoms with Crippen molar-refractivity contribution in [2.45, 2.75) is 6.92 Å². The minimum absolute atomic E-state index is 0.0270. The van der Waals surface area contributed by atoms with E-state index in [2.05, 4.69) is 15.2 Å². The zero-order valence-electron chi connectivity index (χ0n) is 12.2. The molecule has 1 aromatic heterocycles. The van der Waals surface area contributed by atoms with Crippen LogP contribution in [0, 0.1) is 0 Å². The second-order valence-electron chi connectivity index (χ2n) is 4.99. The molecule has 2 heterocycles. The molecule has 0 bridgehead atoms. The van der Waals surface area contributed by atoms with E-state index < -0.39 is 0 Å². The Morgan fingerprint density at radius 2 is 2.05 bits per heavy atom. The summed E-state index contributed by atoms with van der Waals surface area (Å²) < 4.78 is 0. The highest BCUT2D eigenvalue weighted by molar-refractivity contribution is 5.94. The lowest BCUT2D eigenvalue weighted by Gasteiger charge is -2.34. The molecule has 1 aliphatic heterocycles. The Morgan fingerprint density at radius 3 is 2.67 bits per heavy atom. The summed E-state index contributed by atoms with van der Waals surface area (Å²) in [7, 11) is 0. The van der Waals surface area contributed by atoms with Gasteiger partial charge in [-0.25, -0.2) is 4.98 Å². The van der Waals surface area contributed by atoms with Crippen molar-refractivity contribution < 1.29 is 9.59 Å². The van der Waals surface area contributed by atoms with Gasteiger partial charge in [-0.3, -0.25) is 14.5 Å². The molecule has 7 heteroatoms. The lowest BCUT2D eigenvalue weighted by Crippen LogP contribution is -2.51. The third-order valence-corrected chi connectivity index (χ3v) is 3.43. The van der Waals surface area contributed by atoms with Crippen LogP contribution in [0.25, 0.3) is 0 Å². The quantitative estimate of drug-likeness (QED) is 0.784. The third kappa shape index (κ3) is 4.16. The van der Waals surface area contributed by atoms with Crippen LogP contribution >= 0.6 is 0 Å². The largest absolute Gasteiger partial charge is 0.384 e. The highest BCUT2D eigenvalue weighted by Crippen LogP contribution is 2.10. The van der Waals surface area contributed by atoms with E-state index in [1.807, 2.05) is 6.92 Å². The molecule has 0 aromatic carbocycles. The molecule has 0 unspecified atom stereocenters. The Balaban J connectivity index is 1.86. The minimum atomic E-state index is -0.0400. The Bertz CT molecular complexity index is 512. The maximum atomic E-state index is 12.3. The van der Waals surface area contributed by atoms with Gasteiger partial charge in [0, 0.05) is 44.5 Å². The van der Waals surface area contributed by atoms with Crippen LogP contribution in [0.2, 0.25) is 0 Å². The molecule has 0 saturated carbocycles. The molecule has 0 aliphatic carbocycles. The highest BCUT2D eigenvalue weighted by atomic mass is 16.2. The second-order valence-corrected chi connectivity index (χ2v) is 4.99. The molecule has 1 aliphatic rings. The van der Waals surface area contributed by atoms with E-state index in [1.54, 1.807) is 17.0 Å². The van der Waals surface area contributed by atoms with Gasteiger partial charge in [0.15, 0.2) is 0 Å². The molecule has 7 nitrogen and oxygen atoms in total. The summed E-state index contributed by atoms with van der Waals surface area (Å²) in [5, 5.41) is 2.78. The van der Waals surface area contributed by atoms with E-state index in [-0.39, 0.29) is 11.8 Å². The van der Waals surface area contributed by atoms with E-state index in [9.17, 15) is 9.59 Å². The first kappa shape index (κ1) is 15.2. The molecular formula is C14H21N5O2. The van der Waals surface area contributed by atoms with Crippen LogP contribution < -0.4 is 11.1 Å². The van der Waals surface area contributed by atoms with Crippen molar-refractivity contribution in [3.05, 3.63) is 23.9 Å². The van der Waals surface area contributed by atoms with Crippen molar-refractivity contribution in [2.24, 2.45) is 0 Å². The Morgan fingerprint density at radius 1 is 1.33 bits per heavy atom. The van der Waals surface area contributed by atoms with Gasteiger partial charge in [-0.15, -0.1) is 0 Å². The van der Waals surface area contributed by atoms with Crippen LogP contribution in [0.1, 0.15) is 17.3 Å². The third-order valence-electron chi connectivity index (χ3n) is 3.43. The summed E-state index contributed by atoms with van der Waals surface area (Å²) in [5.74, 6) is 0.330. The van der Waals surface area contributed by atoms with Gasteiger partial charge in [0.05, 0.1) is 6.54 Å².